The lowest BCUT2D eigenvalue weighted by Crippen LogP contribution is -2.33. The molecule has 5 nitrogen and oxygen atoms in total. The number of hydrogen-bond acceptors (Lipinski definition) is 3. The van der Waals surface area contributed by atoms with Crippen molar-refractivity contribution in [1.82, 2.24) is 5.32 Å². The molecule has 0 radical (unpaired) electrons. The molecule has 20 heavy (non-hydrogen) atoms. The number of benzene rings is 1. The Hall–Kier alpha value is -2.08. The topological polar surface area (TPSA) is 79.5 Å². The Morgan fingerprint density at radius 2 is 1.95 bits per heavy atom. The molecule has 2 N–H and O–H groups in total. The summed E-state index contributed by atoms with van der Waals surface area (Å²) < 4.78 is 5.63. The number of furan rings is 1. The van der Waals surface area contributed by atoms with Crippen LogP contribution in [-0.4, -0.2) is 17.0 Å². The average Bonchev–Trinajstić information content (AvgIpc) is 2.75. The maximum absolute atomic E-state index is 12.1. The third-order valence-electron chi connectivity index (χ3n) is 2.75. The summed E-state index contributed by atoms with van der Waals surface area (Å²) in [5.41, 5.74) is 1.13. The van der Waals surface area contributed by atoms with Gasteiger partial charge in [-0.15, -0.1) is 0 Å². The van der Waals surface area contributed by atoms with E-state index in [4.69, 9.17) is 4.42 Å². The van der Waals surface area contributed by atoms with Crippen molar-refractivity contribution in [3.63, 3.8) is 0 Å². The van der Waals surface area contributed by atoms with Crippen LogP contribution in [-0.2, 0) is 4.79 Å². The Bertz CT molecular complexity index is 636. The number of rotatable bonds is 4. The second kappa shape index (κ2) is 5.92. The number of amides is 1. The minimum atomic E-state index is -1.13. The van der Waals surface area contributed by atoms with E-state index in [1.807, 2.05) is 0 Å². The Kier molecular flexibility index (Phi) is 4.24. The first-order valence-corrected chi connectivity index (χ1v) is 6.63. The van der Waals surface area contributed by atoms with Gasteiger partial charge < -0.3 is 14.8 Å². The van der Waals surface area contributed by atoms with E-state index in [0.29, 0.717) is 15.8 Å². The van der Waals surface area contributed by atoms with Gasteiger partial charge in [0, 0.05) is 5.56 Å². The van der Waals surface area contributed by atoms with Gasteiger partial charge in [-0.05, 0) is 34.5 Å². The molecule has 0 unspecified atom stereocenters. The van der Waals surface area contributed by atoms with E-state index in [1.165, 1.54) is 0 Å². The van der Waals surface area contributed by atoms with Gasteiger partial charge in [0.05, 0.1) is 0 Å². The van der Waals surface area contributed by atoms with Crippen molar-refractivity contribution in [3.8, 4) is 0 Å². The zero-order chi connectivity index (χ0) is 14.7. The van der Waals surface area contributed by atoms with Crippen molar-refractivity contribution in [2.45, 2.75) is 13.0 Å². The van der Waals surface area contributed by atoms with E-state index in [2.05, 4.69) is 21.2 Å². The molecule has 0 spiro atoms. The van der Waals surface area contributed by atoms with E-state index < -0.39 is 17.9 Å². The molecule has 1 heterocycles. The van der Waals surface area contributed by atoms with E-state index >= 15 is 0 Å². The van der Waals surface area contributed by atoms with Gasteiger partial charge in [-0.25, -0.2) is 4.79 Å². The molecule has 0 aliphatic rings. The van der Waals surface area contributed by atoms with Crippen molar-refractivity contribution in [1.29, 1.82) is 0 Å². The molecule has 0 aliphatic heterocycles. The maximum Gasteiger partial charge on any atom is 0.330 e. The summed E-state index contributed by atoms with van der Waals surface area (Å²) in [4.78, 5) is 23.4. The van der Waals surface area contributed by atoms with Crippen LogP contribution in [0.2, 0.25) is 0 Å². The number of aryl methyl sites for hydroxylation is 1. The van der Waals surface area contributed by atoms with Crippen LogP contribution in [0.4, 0.5) is 0 Å². The smallest absolute Gasteiger partial charge is 0.330 e. The normalized spacial score (nSPS) is 11.9. The molecule has 0 saturated heterocycles. The third-order valence-corrected chi connectivity index (χ3v) is 3.14. The molecule has 2 rings (SSSR count). The zero-order valence-electron chi connectivity index (χ0n) is 10.6. The van der Waals surface area contributed by atoms with Gasteiger partial charge in [-0.3, -0.25) is 4.79 Å². The van der Waals surface area contributed by atoms with Crippen molar-refractivity contribution >= 4 is 27.8 Å². The summed E-state index contributed by atoms with van der Waals surface area (Å²) in [5.74, 6) is -1.60. The first-order chi connectivity index (χ1) is 9.49. The quantitative estimate of drug-likeness (QED) is 0.898. The van der Waals surface area contributed by atoms with Crippen LogP contribution in [0.25, 0.3) is 0 Å². The molecule has 0 saturated carbocycles. The van der Waals surface area contributed by atoms with Crippen molar-refractivity contribution in [2.24, 2.45) is 0 Å². The molecule has 6 heteroatoms. The molecule has 0 fully saturated rings. The largest absolute Gasteiger partial charge is 0.479 e. The molecule has 2 aromatic rings. The number of carboxylic acids is 1. The number of halogens is 1. The lowest BCUT2D eigenvalue weighted by molar-refractivity contribution is -0.139. The van der Waals surface area contributed by atoms with Crippen LogP contribution in [0.3, 0.4) is 0 Å². The van der Waals surface area contributed by atoms with E-state index in [9.17, 15) is 14.7 Å². The number of aliphatic carboxylic acids is 1. The fraction of sp³-hybridized carbons (Fsp3) is 0.143. The highest BCUT2D eigenvalue weighted by molar-refractivity contribution is 9.10. The molecule has 1 atom stereocenters. The predicted octanol–water partition coefficient (Wildman–Crippen LogP) is 2.91. The van der Waals surface area contributed by atoms with E-state index in [1.54, 1.807) is 43.3 Å². The monoisotopic (exact) mass is 337 g/mol. The van der Waals surface area contributed by atoms with Crippen molar-refractivity contribution < 1.29 is 19.1 Å². The Morgan fingerprint density at radius 3 is 2.45 bits per heavy atom. The van der Waals surface area contributed by atoms with Crippen molar-refractivity contribution in [3.05, 3.63) is 58.0 Å². The zero-order valence-corrected chi connectivity index (χ0v) is 12.2. The first-order valence-electron chi connectivity index (χ1n) is 5.83. The van der Waals surface area contributed by atoms with Crippen LogP contribution in [0, 0.1) is 6.92 Å². The summed E-state index contributed by atoms with van der Waals surface area (Å²) in [6.07, 6.45) is 0. The highest BCUT2D eigenvalue weighted by Crippen LogP contribution is 2.21. The Balaban J connectivity index is 2.23. The molecular formula is C14H12BrNO4. The summed E-state index contributed by atoms with van der Waals surface area (Å²) in [5, 5.41) is 11.7. The second-order valence-corrected chi connectivity index (χ2v) is 5.00. The van der Waals surface area contributed by atoms with Gasteiger partial charge in [0.25, 0.3) is 5.91 Å². The molecule has 1 aromatic heterocycles. The fourth-order valence-corrected chi connectivity index (χ4v) is 2.30. The van der Waals surface area contributed by atoms with Crippen LogP contribution >= 0.6 is 15.9 Å². The maximum atomic E-state index is 12.1. The van der Waals surface area contributed by atoms with Gasteiger partial charge in [0.2, 0.25) is 0 Å². The fourth-order valence-electron chi connectivity index (χ4n) is 1.80. The van der Waals surface area contributed by atoms with Gasteiger partial charge >= 0.3 is 5.97 Å². The van der Waals surface area contributed by atoms with Gasteiger partial charge in [-0.1, -0.05) is 30.3 Å². The van der Waals surface area contributed by atoms with E-state index in [0.717, 1.165) is 0 Å². The summed E-state index contributed by atoms with van der Waals surface area (Å²) in [6.45, 7) is 1.71. The predicted molar refractivity (Wildman–Crippen MR) is 75.4 cm³/mol. The highest BCUT2D eigenvalue weighted by atomic mass is 79.9. The second-order valence-electron chi connectivity index (χ2n) is 4.22. The third kappa shape index (κ3) is 3.08. The minimum absolute atomic E-state index is 0.0963. The van der Waals surface area contributed by atoms with Crippen LogP contribution in [0.15, 0.2) is 45.5 Å². The lowest BCUT2D eigenvalue weighted by Gasteiger charge is -2.14. The van der Waals surface area contributed by atoms with Gasteiger partial charge in [-0.2, -0.15) is 0 Å². The number of carbonyl (C=O) groups is 2. The molecule has 0 aliphatic carbocycles. The van der Waals surface area contributed by atoms with Crippen molar-refractivity contribution in [2.75, 3.05) is 0 Å². The molecular weight excluding hydrogens is 326 g/mol. The van der Waals surface area contributed by atoms with E-state index in [-0.39, 0.29) is 5.76 Å². The SMILES string of the molecule is Cc1cc(Br)oc1C(=O)N[C@H](C(=O)O)c1ccccc1. The molecule has 1 aromatic carbocycles. The highest BCUT2D eigenvalue weighted by Gasteiger charge is 2.25. The Morgan fingerprint density at radius 1 is 1.30 bits per heavy atom. The van der Waals surface area contributed by atoms with Gasteiger partial charge in [0.1, 0.15) is 0 Å². The number of carboxylic acid groups (broad SMARTS) is 1. The van der Waals surface area contributed by atoms with Crippen LogP contribution in [0.5, 0.6) is 0 Å². The summed E-state index contributed by atoms with van der Waals surface area (Å²) >= 11 is 3.13. The molecule has 104 valence electrons. The standard InChI is InChI=1S/C14H12BrNO4/c1-8-7-10(15)20-12(8)13(17)16-11(14(18)19)9-5-3-2-4-6-9/h2-7,11H,1H3,(H,16,17)(H,18,19)/t11-/m0/s1. The van der Waals surface area contributed by atoms with Crippen LogP contribution in [0.1, 0.15) is 27.7 Å². The number of hydrogen-bond donors (Lipinski definition) is 2. The minimum Gasteiger partial charge on any atom is -0.479 e. The molecule has 0 bridgehead atoms. The summed E-state index contributed by atoms with van der Waals surface area (Å²) in [7, 11) is 0. The molecule has 1 amide bonds. The lowest BCUT2D eigenvalue weighted by atomic mass is 10.1. The first kappa shape index (κ1) is 14.3. The van der Waals surface area contributed by atoms with Gasteiger partial charge in [0.15, 0.2) is 16.5 Å². The average molecular weight is 338 g/mol. The number of nitrogens with one attached hydrogen (secondary N) is 1. The number of carbonyl (C=O) groups excluding carboxylic acids is 1. The summed E-state index contributed by atoms with van der Waals surface area (Å²) in [6, 6.07) is 9.02. The van der Waals surface area contributed by atoms with Crippen LogP contribution < -0.4 is 5.32 Å². The Labute approximate surface area is 123 Å².